The zero-order valence-electron chi connectivity index (χ0n) is 17.8. The van der Waals surface area contributed by atoms with Crippen LogP contribution >= 0.6 is 0 Å². The number of rotatable bonds is 4. The Bertz CT molecular complexity index is 969. The highest BCUT2D eigenvalue weighted by Crippen LogP contribution is 2.36. The third kappa shape index (κ3) is 4.06. The number of halogens is 2. The Labute approximate surface area is 181 Å². The lowest BCUT2D eigenvalue weighted by atomic mass is 9.94. The summed E-state index contributed by atoms with van der Waals surface area (Å²) in [6.45, 7) is 5.20. The van der Waals surface area contributed by atoms with E-state index in [2.05, 4.69) is 5.32 Å². The number of carbonyl (C=O) groups is 2. The molecular formula is C24H27F2N3O2. The van der Waals surface area contributed by atoms with E-state index in [1.165, 1.54) is 24.3 Å². The first-order chi connectivity index (χ1) is 14.8. The molecule has 7 heteroatoms. The van der Waals surface area contributed by atoms with Gasteiger partial charge in [0.1, 0.15) is 11.6 Å². The molecule has 2 fully saturated rings. The Morgan fingerprint density at radius 3 is 2.35 bits per heavy atom. The molecule has 0 aromatic heterocycles. The summed E-state index contributed by atoms with van der Waals surface area (Å²) in [6.07, 6.45) is 1.09. The number of nitrogens with zero attached hydrogens (tertiary/aromatic N) is 2. The molecule has 0 bridgehead atoms. The Hall–Kier alpha value is -2.80. The number of amides is 2. The van der Waals surface area contributed by atoms with Crippen LogP contribution in [0.25, 0.3) is 0 Å². The topological polar surface area (TPSA) is 52.7 Å². The van der Waals surface area contributed by atoms with Crippen molar-refractivity contribution < 1.29 is 18.4 Å². The standard InChI is InChI=1S/C24H27F2N3O2/c1-16(2)21-23(31)29(15-17-7-9-18(25)10-8-17)24(27-21)11-13-28(14-12-24)22(30)19-5-3-4-6-20(19)26/h3-10,16,21,27H,11-15H2,1-2H3/t21-/m1/s1. The van der Waals surface area contributed by atoms with Gasteiger partial charge in [0.05, 0.1) is 17.3 Å². The van der Waals surface area contributed by atoms with Crippen molar-refractivity contribution >= 4 is 11.8 Å². The van der Waals surface area contributed by atoms with Gasteiger partial charge in [0.2, 0.25) is 5.91 Å². The minimum atomic E-state index is -0.577. The lowest BCUT2D eigenvalue weighted by Gasteiger charge is -2.44. The Kier molecular flexibility index (Phi) is 5.79. The van der Waals surface area contributed by atoms with Crippen LogP contribution in [0.3, 0.4) is 0 Å². The summed E-state index contributed by atoms with van der Waals surface area (Å²) in [7, 11) is 0. The Balaban J connectivity index is 1.54. The fraction of sp³-hybridized carbons (Fsp3) is 0.417. The van der Waals surface area contributed by atoms with E-state index in [0.29, 0.717) is 32.5 Å². The van der Waals surface area contributed by atoms with E-state index in [0.717, 1.165) is 5.56 Å². The predicted molar refractivity (Wildman–Crippen MR) is 113 cm³/mol. The highest BCUT2D eigenvalue weighted by molar-refractivity contribution is 5.94. The molecule has 2 amide bonds. The fourth-order valence-electron chi connectivity index (χ4n) is 4.56. The van der Waals surface area contributed by atoms with Gasteiger partial charge in [-0.05, 0) is 35.7 Å². The summed E-state index contributed by atoms with van der Waals surface area (Å²) in [6, 6.07) is 11.8. The fourth-order valence-corrected chi connectivity index (χ4v) is 4.56. The van der Waals surface area contributed by atoms with E-state index in [9.17, 15) is 18.4 Å². The van der Waals surface area contributed by atoms with Gasteiger partial charge in [0.15, 0.2) is 0 Å². The zero-order valence-corrected chi connectivity index (χ0v) is 17.8. The smallest absolute Gasteiger partial charge is 0.256 e. The van der Waals surface area contributed by atoms with Crippen LogP contribution in [-0.4, -0.2) is 46.4 Å². The molecule has 1 N–H and O–H groups in total. The second-order valence-electron chi connectivity index (χ2n) is 8.72. The molecule has 2 aliphatic rings. The summed E-state index contributed by atoms with van der Waals surface area (Å²) in [4.78, 5) is 29.5. The first-order valence-corrected chi connectivity index (χ1v) is 10.7. The van der Waals surface area contributed by atoms with Crippen LogP contribution in [0.1, 0.15) is 42.6 Å². The van der Waals surface area contributed by atoms with E-state index in [1.807, 2.05) is 18.7 Å². The third-order valence-electron chi connectivity index (χ3n) is 6.38. The summed E-state index contributed by atoms with van der Waals surface area (Å²) in [5.74, 6) is -1.04. The largest absolute Gasteiger partial charge is 0.338 e. The highest BCUT2D eigenvalue weighted by Gasteiger charge is 2.52. The van der Waals surface area contributed by atoms with Gasteiger partial charge in [-0.2, -0.15) is 0 Å². The molecule has 164 valence electrons. The normalized spacial score (nSPS) is 20.7. The number of nitrogens with one attached hydrogen (secondary N) is 1. The summed E-state index contributed by atoms with van der Waals surface area (Å²) >= 11 is 0. The predicted octanol–water partition coefficient (Wildman–Crippen LogP) is 3.55. The Morgan fingerprint density at radius 1 is 1.10 bits per heavy atom. The molecule has 2 heterocycles. The number of benzene rings is 2. The molecule has 0 radical (unpaired) electrons. The van der Waals surface area contributed by atoms with Crippen LogP contribution in [-0.2, 0) is 11.3 Å². The van der Waals surface area contributed by atoms with Crippen LogP contribution in [0.2, 0.25) is 0 Å². The monoisotopic (exact) mass is 427 g/mol. The average Bonchev–Trinajstić information content (AvgIpc) is 3.02. The lowest BCUT2D eigenvalue weighted by Crippen LogP contribution is -2.59. The molecule has 1 atom stereocenters. The first-order valence-electron chi connectivity index (χ1n) is 10.7. The second kappa shape index (κ2) is 8.38. The maximum Gasteiger partial charge on any atom is 0.256 e. The molecule has 4 rings (SSSR count). The maximum absolute atomic E-state index is 14.1. The van der Waals surface area contributed by atoms with Crippen LogP contribution < -0.4 is 5.32 Å². The molecule has 0 unspecified atom stereocenters. The van der Waals surface area contributed by atoms with Crippen molar-refractivity contribution in [2.75, 3.05) is 13.1 Å². The van der Waals surface area contributed by atoms with Crippen molar-refractivity contribution in [1.29, 1.82) is 0 Å². The van der Waals surface area contributed by atoms with E-state index in [4.69, 9.17) is 0 Å². The molecule has 31 heavy (non-hydrogen) atoms. The quantitative estimate of drug-likeness (QED) is 0.812. The molecule has 2 aromatic carbocycles. The number of hydrogen-bond acceptors (Lipinski definition) is 3. The van der Waals surface area contributed by atoms with Gasteiger partial charge in [-0.3, -0.25) is 14.9 Å². The van der Waals surface area contributed by atoms with Gasteiger partial charge in [-0.1, -0.05) is 38.1 Å². The van der Waals surface area contributed by atoms with Crippen LogP contribution in [0.15, 0.2) is 48.5 Å². The van der Waals surface area contributed by atoms with Gasteiger partial charge >= 0.3 is 0 Å². The maximum atomic E-state index is 14.1. The minimum absolute atomic E-state index is 0.0215. The van der Waals surface area contributed by atoms with Gasteiger partial charge < -0.3 is 9.80 Å². The number of piperidine rings is 1. The molecule has 0 aliphatic carbocycles. The molecule has 1 spiro atoms. The third-order valence-corrected chi connectivity index (χ3v) is 6.38. The lowest BCUT2D eigenvalue weighted by molar-refractivity contribution is -0.134. The van der Waals surface area contributed by atoms with Crippen LogP contribution in [0.5, 0.6) is 0 Å². The summed E-state index contributed by atoms with van der Waals surface area (Å²) < 4.78 is 27.4. The molecule has 2 saturated heterocycles. The Morgan fingerprint density at radius 2 is 1.74 bits per heavy atom. The van der Waals surface area contributed by atoms with Gasteiger partial charge in [-0.15, -0.1) is 0 Å². The number of carbonyl (C=O) groups excluding carboxylic acids is 2. The van der Waals surface area contributed by atoms with Crippen molar-refractivity contribution in [1.82, 2.24) is 15.1 Å². The highest BCUT2D eigenvalue weighted by atomic mass is 19.1. The number of likely N-dealkylation sites (tertiary alicyclic amines) is 1. The van der Waals surface area contributed by atoms with Crippen molar-refractivity contribution in [3.05, 3.63) is 71.3 Å². The summed E-state index contributed by atoms with van der Waals surface area (Å²) in [5.41, 5.74) is 0.342. The van der Waals surface area contributed by atoms with Gasteiger partial charge in [0.25, 0.3) is 5.91 Å². The van der Waals surface area contributed by atoms with Crippen molar-refractivity contribution in [2.24, 2.45) is 5.92 Å². The van der Waals surface area contributed by atoms with Crippen molar-refractivity contribution in [3.63, 3.8) is 0 Å². The van der Waals surface area contributed by atoms with Gasteiger partial charge in [0, 0.05) is 32.5 Å². The summed E-state index contributed by atoms with van der Waals surface area (Å²) in [5, 5.41) is 3.54. The van der Waals surface area contributed by atoms with Crippen molar-refractivity contribution in [3.8, 4) is 0 Å². The number of hydrogen-bond donors (Lipinski definition) is 1. The van der Waals surface area contributed by atoms with E-state index in [1.54, 1.807) is 29.2 Å². The van der Waals surface area contributed by atoms with Crippen LogP contribution in [0, 0.1) is 17.6 Å². The second-order valence-corrected chi connectivity index (χ2v) is 8.72. The molecule has 0 saturated carbocycles. The van der Waals surface area contributed by atoms with Crippen molar-refractivity contribution in [2.45, 2.75) is 44.9 Å². The van der Waals surface area contributed by atoms with E-state index >= 15 is 0 Å². The SMILES string of the molecule is CC(C)[C@H]1NC2(CCN(C(=O)c3ccccc3F)CC2)N(Cc2ccc(F)cc2)C1=O. The van der Waals surface area contributed by atoms with E-state index < -0.39 is 11.5 Å². The molecular weight excluding hydrogens is 400 g/mol. The first kappa shape index (κ1) is 21.4. The van der Waals surface area contributed by atoms with Gasteiger partial charge in [-0.25, -0.2) is 8.78 Å². The minimum Gasteiger partial charge on any atom is -0.338 e. The molecule has 2 aromatic rings. The molecule has 2 aliphatic heterocycles. The van der Waals surface area contributed by atoms with E-state index in [-0.39, 0.29) is 35.2 Å². The molecule has 5 nitrogen and oxygen atoms in total. The van der Waals surface area contributed by atoms with Crippen LogP contribution in [0.4, 0.5) is 8.78 Å². The average molecular weight is 427 g/mol. The zero-order chi connectivity index (χ0) is 22.2.